The molecular formula is C24H37N5O. The molecule has 2 rings (SSSR count). The molecule has 0 radical (unpaired) electrons. The van der Waals surface area contributed by atoms with Crippen molar-refractivity contribution in [3.05, 3.63) is 47.3 Å². The van der Waals surface area contributed by atoms with Crippen LogP contribution in [0, 0.1) is 12.3 Å². The number of aliphatic hydroxyl groups is 1. The number of allylic oxidation sites excluding steroid dienone is 2. The molecule has 1 aromatic rings. The summed E-state index contributed by atoms with van der Waals surface area (Å²) in [5.41, 5.74) is 11.5. The van der Waals surface area contributed by atoms with Crippen molar-refractivity contribution in [1.29, 1.82) is 5.41 Å². The van der Waals surface area contributed by atoms with Crippen molar-refractivity contribution in [3.8, 4) is 0 Å². The van der Waals surface area contributed by atoms with E-state index < -0.39 is 0 Å². The number of rotatable bonds is 12. The SMILES string of the molecule is CCCCCCCNC1=C/C(=N/c2ccc(N(CC)CCO)cc2C)C(N)=CC1=N. The maximum atomic E-state index is 9.25. The number of nitrogens with one attached hydrogen (secondary N) is 2. The van der Waals surface area contributed by atoms with Crippen LogP contribution in [0.25, 0.3) is 0 Å². The first kappa shape index (κ1) is 23.7. The van der Waals surface area contributed by atoms with Crippen molar-refractivity contribution in [1.82, 2.24) is 5.32 Å². The smallest absolute Gasteiger partial charge is 0.0888 e. The fourth-order valence-electron chi connectivity index (χ4n) is 3.48. The van der Waals surface area contributed by atoms with Crippen LogP contribution in [0.4, 0.5) is 11.4 Å². The molecular weight excluding hydrogens is 374 g/mol. The molecule has 5 N–H and O–H groups in total. The van der Waals surface area contributed by atoms with Gasteiger partial charge in [0.05, 0.1) is 35.1 Å². The van der Waals surface area contributed by atoms with Gasteiger partial charge < -0.3 is 21.1 Å². The van der Waals surface area contributed by atoms with Gasteiger partial charge in [0.15, 0.2) is 0 Å². The Morgan fingerprint density at radius 2 is 1.90 bits per heavy atom. The van der Waals surface area contributed by atoms with Gasteiger partial charge >= 0.3 is 0 Å². The van der Waals surface area contributed by atoms with Crippen molar-refractivity contribution in [2.24, 2.45) is 10.7 Å². The third-order valence-corrected chi connectivity index (χ3v) is 5.30. The molecule has 0 atom stereocenters. The van der Waals surface area contributed by atoms with Gasteiger partial charge in [-0.1, -0.05) is 32.6 Å². The summed E-state index contributed by atoms with van der Waals surface area (Å²) in [6.07, 6.45) is 9.63. The van der Waals surface area contributed by atoms with Crippen LogP contribution >= 0.6 is 0 Å². The Kier molecular flexibility index (Phi) is 9.61. The van der Waals surface area contributed by atoms with Crippen LogP contribution in [0.15, 0.2) is 46.7 Å². The molecule has 1 aromatic carbocycles. The summed E-state index contributed by atoms with van der Waals surface area (Å²) < 4.78 is 0. The standard InChI is InChI=1S/C24H37N5O/c1-4-6-7-8-9-12-27-23-17-24(21(26)16-20(23)25)28-22-11-10-19(15-18(22)3)29(5-2)13-14-30/h10-11,15-17,25,27,30H,4-9,12-14,26H2,1-3H3/b25-20?,28-24-. The van der Waals surface area contributed by atoms with Gasteiger partial charge in [-0.3, -0.25) is 5.41 Å². The first-order valence-corrected chi connectivity index (χ1v) is 11.1. The van der Waals surface area contributed by atoms with E-state index >= 15 is 0 Å². The Bertz CT molecular complexity index is 810. The number of nitrogens with two attached hydrogens (primary N) is 1. The highest BCUT2D eigenvalue weighted by molar-refractivity contribution is 6.22. The fourth-order valence-corrected chi connectivity index (χ4v) is 3.48. The molecule has 164 valence electrons. The maximum Gasteiger partial charge on any atom is 0.0888 e. The number of nitrogens with zero attached hydrogens (tertiary/aromatic N) is 2. The molecule has 0 unspecified atom stereocenters. The summed E-state index contributed by atoms with van der Waals surface area (Å²) >= 11 is 0. The van der Waals surface area contributed by atoms with Gasteiger partial charge in [-0.2, -0.15) is 0 Å². The van der Waals surface area contributed by atoms with E-state index in [1.165, 1.54) is 25.7 Å². The van der Waals surface area contributed by atoms with E-state index in [-0.39, 0.29) is 6.61 Å². The normalized spacial score (nSPS) is 15.2. The third-order valence-electron chi connectivity index (χ3n) is 5.30. The zero-order valence-corrected chi connectivity index (χ0v) is 18.7. The largest absolute Gasteiger partial charge is 0.397 e. The molecule has 1 aliphatic carbocycles. The van der Waals surface area contributed by atoms with Gasteiger partial charge in [-0.05, 0) is 56.2 Å². The second kappa shape index (κ2) is 12.2. The van der Waals surface area contributed by atoms with E-state index in [4.69, 9.17) is 16.1 Å². The highest BCUT2D eigenvalue weighted by Crippen LogP contribution is 2.26. The van der Waals surface area contributed by atoms with E-state index in [1.807, 2.05) is 25.1 Å². The monoisotopic (exact) mass is 411 g/mol. The van der Waals surface area contributed by atoms with E-state index in [0.717, 1.165) is 42.1 Å². The molecule has 0 bridgehead atoms. The molecule has 0 amide bonds. The number of likely N-dealkylation sites (N-methyl/N-ethyl adjacent to an activating group) is 1. The van der Waals surface area contributed by atoms with E-state index in [9.17, 15) is 5.11 Å². The average molecular weight is 412 g/mol. The van der Waals surface area contributed by atoms with Crippen molar-refractivity contribution in [2.75, 3.05) is 31.1 Å². The lowest BCUT2D eigenvalue weighted by Gasteiger charge is -2.23. The highest BCUT2D eigenvalue weighted by atomic mass is 16.3. The summed E-state index contributed by atoms with van der Waals surface area (Å²) in [7, 11) is 0. The second-order valence-corrected chi connectivity index (χ2v) is 7.68. The third kappa shape index (κ3) is 6.73. The number of unbranched alkanes of at least 4 members (excludes halogenated alkanes) is 4. The van der Waals surface area contributed by atoms with Crippen LogP contribution in [0.1, 0.15) is 51.5 Å². The first-order chi connectivity index (χ1) is 14.5. The van der Waals surface area contributed by atoms with Gasteiger partial charge in [-0.15, -0.1) is 0 Å². The Balaban J connectivity index is 2.12. The number of aliphatic hydroxyl groups excluding tert-OH is 1. The summed E-state index contributed by atoms with van der Waals surface area (Å²) in [6, 6.07) is 6.09. The van der Waals surface area contributed by atoms with E-state index in [0.29, 0.717) is 23.7 Å². The molecule has 0 spiro atoms. The Hall–Kier alpha value is -2.60. The molecule has 0 aromatic heterocycles. The van der Waals surface area contributed by atoms with E-state index in [1.54, 1.807) is 6.08 Å². The van der Waals surface area contributed by atoms with Crippen molar-refractivity contribution >= 4 is 22.8 Å². The minimum absolute atomic E-state index is 0.128. The summed E-state index contributed by atoms with van der Waals surface area (Å²) in [6.45, 7) is 8.74. The van der Waals surface area contributed by atoms with Crippen molar-refractivity contribution in [2.45, 2.75) is 52.9 Å². The minimum atomic E-state index is 0.128. The molecule has 30 heavy (non-hydrogen) atoms. The van der Waals surface area contributed by atoms with Gasteiger partial charge in [0.1, 0.15) is 0 Å². The number of aryl methyl sites for hydroxylation is 1. The van der Waals surface area contributed by atoms with Gasteiger partial charge in [-0.25, -0.2) is 4.99 Å². The first-order valence-electron chi connectivity index (χ1n) is 11.1. The lowest BCUT2D eigenvalue weighted by molar-refractivity contribution is 0.302. The van der Waals surface area contributed by atoms with Crippen LogP contribution in [0.5, 0.6) is 0 Å². The average Bonchev–Trinajstić information content (AvgIpc) is 2.73. The quantitative estimate of drug-likeness (QED) is 0.306. The Labute approximate surface area is 181 Å². The number of aliphatic imine (C=N–C) groups is 1. The van der Waals surface area contributed by atoms with Crippen molar-refractivity contribution in [3.63, 3.8) is 0 Å². The van der Waals surface area contributed by atoms with Gasteiger partial charge in [0, 0.05) is 25.3 Å². The summed E-state index contributed by atoms with van der Waals surface area (Å²) in [5.74, 6) is 0. The molecule has 0 aliphatic heterocycles. The molecule has 0 heterocycles. The lowest BCUT2D eigenvalue weighted by Crippen LogP contribution is -2.27. The number of anilines is 1. The van der Waals surface area contributed by atoms with Crippen LogP contribution < -0.4 is 16.0 Å². The summed E-state index contributed by atoms with van der Waals surface area (Å²) in [4.78, 5) is 6.89. The molecule has 6 nitrogen and oxygen atoms in total. The summed E-state index contributed by atoms with van der Waals surface area (Å²) in [5, 5.41) is 20.8. The van der Waals surface area contributed by atoms with E-state index in [2.05, 4.69) is 30.1 Å². The Morgan fingerprint density at radius 3 is 2.57 bits per heavy atom. The predicted molar refractivity (Wildman–Crippen MR) is 128 cm³/mol. The van der Waals surface area contributed by atoms with Crippen LogP contribution in [0.3, 0.4) is 0 Å². The lowest BCUT2D eigenvalue weighted by atomic mass is 10.0. The van der Waals surface area contributed by atoms with Crippen LogP contribution in [0.2, 0.25) is 0 Å². The zero-order chi connectivity index (χ0) is 21.9. The predicted octanol–water partition coefficient (Wildman–Crippen LogP) is 4.21. The maximum absolute atomic E-state index is 9.25. The number of hydrogen-bond acceptors (Lipinski definition) is 6. The number of hydrogen-bond donors (Lipinski definition) is 4. The van der Waals surface area contributed by atoms with Gasteiger partial charge in [0.2, 0.25) is 0 Å². The molecule has 0 fully saturated rings. The Morgan fingerprint density at radius 1 is 1.13 bits per heavy atom. The topological polar surface area (TPSA) is 97.7 Å². The molecule has 1 aliphatic rings. The van der Waals surface area contributed by atoms with Crippen LogP contribution in [-0.2, 0) is 0 Å². The second-order valence-electron chi connectivity index (χ2n) is 7.68. The molecule has 0 saturated carbocycles. The molecule has 0 saturated heterocycles. The van der Waals surface area contributed by atoms with Crippen molar-refractivity contribution < 1.29 is 5.11 Å². The minimum Gasteiger partial charge on any atom is -0.397 e. The zero-order valence-electron chi connectivity index (χ0n) is 18.7. The van der Waals surface area contributed by atoms with Gasteiger partial charge in [0.25, 0.3) is 0 Å². The van der Waals surface area contributed by atoms with Crippen LogP contribution in [-0.4, -0.2) is 42.8 Å². The highest BCUT2D eigenvalue weighted by Gasteiger charge is 2.15. The number of benzene rings is 1. The fraction of sp³-hybridized carbons (Fsp3) is 0.500. The molecule has 6 heteroatoms.